The zero-order valence-electron chi connectivity index (χ0n) is 13.5. The number of aliphatic hydroxyl groups is 1. The number of piperazine rings is 1. The van der Waals surface area contributed by atoms with Crippen LogP contribution in [0.15, 0.2) is 24.3 Å². The second-order valence-electron chi connectivity index (χ2n) is 5.92. The minimum absolute atomic E-state index is 0.0503. The molecule has 0 unspecified atom stereocenters. The maximum atomic E-state index is 12.3. The average Bonchev–Trinajstić information content (AvgIpc) is 2.48. The van der Waals surface area contributed by atoms with Gasteiger partial charge in [-0.15, -0.1) is 0 Å². The van der Waals surface area contributed by atoms with Gasteiger partial charge in [-0.05, 0) is 31.8 Å². The summed E-state index contributed by atoms with van der Waals surface area (Å²) in [5.41, 5.74) is 2.01. The van der Waals surface area contributed by atoms with Gasteiger partial charge in [-0.2, -0.15) is 0 Å². The Bertz CT molecular complexity index is 485. The van der Waals surface area contributed by atoms with E-state index in [1.807, 2.05) is 37.2 Å². The molecule has 0 atom stereocenters. The van der Waals surface area contributed by atoms with Gasteiger partial charge < -0.3 is 20.2 Å². The predicted molar refractivity (Wildman–Crippen MR) is 88.0 cm³/mol. The molecule has 0 bridgehead atoms. The lowest BCUT2D eigenvalue weighted by Crippen LogP contribution is -2.50. The van der Waals surface area contributed by atoms with Gasteiger partial charge in [0.2, 0.25) is 0 Å². The molecule has 0 aromatic heterocycles. The number of β-amino-alcohol motifs (C(OH)–C–C–N with tert-alkyl or cyclic N) is 1. The van der Waals surface area contributed by atoms with E-state index < -0.39 is 0 Å². The number of hydrogen-bond acceptors (Lipinski definition) is 4. The molecule has 0 spiro atoms. The van der Waals surface area contributed by atoms with Gasteiger partial charge in [0.25, 0.3) is 0 Å². The normalized spacial score (nSPS) is 16.1. The number of benzene rings is 1. The molecule has 6 heteroatoms. The highest BCUT2D eigenvalue weighted by Crippen LogP contribution is 2.13. The van der Waals surface area contributed by atoms with Crippen molar-refractivity contribution in [3.63, 3.8) is 0 Å². The van der Waals surface area contributed by atoms with E-state index in [-0.39, 0.29) is 12.6 Å². The largest absolute Gasteiger partial charge is 0.395 e. The number of amides is 2. The maximum Gasteiger partial charge on any atom is 0.321 e. The minimum Gasteiger partial charge on any atom is -0.395 e. The average molecular weight is 306 g/mol. The van der Waals surface area contributed by atoms with Crippen LogP contribution in [0.4, 0.5) is 10.5 Å². The molecule has 0 saturated carbocycles. The zero-order valence-corrected chi connectivity index (χ0v) is 13.5. The number of carbonyl (C=O) groups excluding carboxylic acids is 1. The molecular formula is C16H26N4O2. The van der Waals surface area contributed by atoms with Crippen LogP contribution in [-0.2, 0) is 6.54 Å². The van der Waals surface area contributed by atoms with E-state index in [0.29, 0.717) is 19.6 Å². The highest BCUT2D eigenvalue weighted by atomic mass is 16.3. The van der Waals surface area contributed by atoms with E-state index in [9.17, 15) is 4.79 Å². The van der Waals surface area contributed by atoms with Crippen LogP contribution in [0.3, 0.4) is 0 Å². The van der Waals surface area contributed by atoms with Crippen molar-refractivity contribution in [1.82, 2.24) is 14.7 Å². The molecule has 122 valence electrons. The monoisotopic (exact) mass is 306 g/mol. The molecular weight excluding hydrogens is 280 g/mol. The maximum absolute atomic E-state index is 12.3. The van der Waals surface area contributed by atoms with Gasteiger partial charge in [-0.25, -0.2) is 4.79 Å². The van der Waals surface area contributed by atoms with Crippen molar-refractivity contribution >= 4 is 11.7 Å². The topological polar surface area (TPSA) is 59.1 Å². The van der Waals surface area contributed by atoms with Gasteiger partial charge in [0.05, 0.1) is 6.61 Å². The summed E-state index contributed by atoms with van der Waals surface area (Å²) in [6, 6.07) is 7.90. The van der Waals surface area contributed by atoms with Crippen LogP contribution in [0.2, 0.25) is 0 Å². The predicted octanol–water partition coefficient (Wildman–Crippen LogP) is 0.890. The fourth-order valence-electron chi connectivity index (χ4n) is 2.63. The van der Waals surface area contributed by atoms with Crippen molar-refractivity contribution < 1.29 is 9.90 Å². The number of urea groups is 1. The highest BCUT2D eigenvalue weighted by Gasteiger charge is 2.20. The second-order valence-corrected chi connectivity index (χ2v) is 5.92. The van der Waals surface area contributed by atoms with Crippen LogP contribution < -0.4 is 5.32 Å². The Morgan fingerprint density at radius 2 is 2.00 bits per heavy atom. The van der Waals surface area contributed by atoms with Gasteiger partial charge in [0.1, 0.15) is 0 Å². The molecule has 2 amide bonds. The van der Waals surface area contributed by atoms with E-state index in [1.165, 1.54) is 5.56 Å². The van der Waals surface area contributed by atoms with E-state index in [1.54, 1.807) is 0 Å². The third-order valence-electron chi connectivity index (χ3n) is 3.75. The van der Waals surface area contributed by atoms with Gasteiger partial charge in [0.15, 0.2) is 0 Å². The van der Waals surface area contributed by atoms with E-state index in [0.717, 1.165) is 25.3 Å². The molecule has 1 aromatic rings. The molecule has 1 aliphatic rings. The first-order chi connectivity index (χ1) is 10.6. The van der Waals surface area contributed by atoms with Crippen molar-refractivity contribution in [3.05, 3.63) is 29.8 Å². The standard InChI is InChI=1S/C16H26N4O2/c1-18(2)13-14-4-3-5-15(12-14)17-16(22)20-8-6-19(7-9-20)10-11-21/h3-5,12,21H,6-11,13H2,1-2H3,(H,17,22). The Labute approximate surface area is 132 Å². The van der Waals surface area contributed by atoms with Crippen molar-refractivity contribution in [2.75, 3.05) is 58.7 Å². The molecule has 1 saturated heterocycles. The first-order valence-electron chi connectivity index (χ1n) is 7.71. The van der Waals surface area contributed by atoms with Crippen molar-refractivity contribution in [1.29, 1.82) is 0 Å². The lowest BCUT2D eigenvalue weighted by atomic mass is 10.2. The molecule has 2 rings (SSSR count). The van der Waals surface area contributed by atoms with Crippen LogP contribution >= 0.6 is 0 Å². The number of rotatable bonds is 5. The van der Waals surface area contributed by atoms with E-state index >= 15 is 0 Å². The summed E-state index contributed by atoms with van der Waals surface area (Å²) in [5.74, 6) is 0. The van der Waals surface area contributed by atoms with Crippen LogP contribution in [0.25, 0.3) is 0 Å². The summed E-state index contributed by atoms with van der Waals surface area (Å²) in [6.45, 7) is 4.73. The first kappa shape index (κ1) is 16.7. The smallest absolute Gasteiger partial charge is 0.321 e. The molecule has 1 fully saturated rings. The summed E-state index contributed by atoms with van der Waals surface area (Å²) in [4.78, 5) is 18.4. The summed E-state index contributed by atoms with van der Waals surface area (Å²) in [7, 11) is 4.05. The molecule has 1 aromatic carbocycles. The number of nitrogens with zero attached hydrogens (tertiary/aromatic N) is 3. The Morgan fingerprint density at radius 1 is 1.27 bits per heavy atom. The van der Waals surface area contributed by atoms with Crippen molar-refractivity contribution in [2.45, 2.75) is 6.54 Å². The first-order valence-corrected chi connectivity index (χ1v) is 7.71. The highest BCUT2D eigenvalue weighted by molar-refractivity contribution is 5.89. The molecule has 0 aliphatic carbocycles. The Balaban J connectivity index is 1.87. The van der Waals surface area contributed by atoms with Crippen molar-refractivity contribution in [2.24, 2.45) is 0 Å². The van der Waals surface area contributed by atoms with Gasteiger partial charge in [0, 0.05) is 45.0 Å². The zero-order chi connectivity index (χ0) is 15.9. The Hall–Kier alpha value is -1.63. The fourth-order valence-corrected chi connectivity index (χ4v) is 2.63. The van der Waals surface area contributed by atoms with Crippen LogP contribution in [0.5, 0.6) is 0 Å². The lowest BCUT2D eigenvalue weighted by molar-refractivity contribution is 0.127. The summed E-state index contributed by atoms with van der Waals surface area (Å²) in [6.07, 6.45) is 0. The molecule has 1 aliphatic heterocycles. The SMILES string of the molecule is CN(C)Cc1cccc(NC(=O)N2CCN(CCO)CC2)c1. The lowest BCUT2D eigenvalue weighted by Gasteiger charge is -2.34. The Kier molecular flexibility index (Phi) is 6.18. The summed E-state index contributed by atoms with van der Waals surface area (Å²) in [5, 5.41) is 11.9. The van der Waals surface area contributed by atoms with Gasteiger partial charge in [-0.1, -0.05) is 12.1 Å². The minimum atomic E-state index is -0.0503. The number of hydrogen-bond donors (Lipinski definition) is 2. The van der Waals surface area contributed by atoms with E-state index in [2.05, 4.69) is 21.2 Å². The Morgan fingerprint density at radius 3 is 2.64 bits per heavy atom. The molecule has 0 radical (unpaired) electrons. The number of aliphatic hydroxyl groups excluding tert-OH is 1. The summed E-state index contributed by atoms with van der Waals surface area (Å²) < 4.78 is 0. The summed E-state index contributed by atoms with van der Waals surface area (Å²) >= 11 is 0. The van der Waals surface area contributed by atoms with Gasteiger partial charge in [-0.3, -0.25) is 4.90 Å². The second kappa shape index (κ2) is 8.12. The number of carbonyl (C=O) groups is 1. The third kappa shape index (κ3) is 4.98. The molecule has 1 heterocycles. The quantitative estimate of drug-likeness (QED) is 0.848. The molecule has 6 nitrogen and oxygen atoms in total. The van der Waals surface area contributed by atoms with Crippen LogP contribution in [0.1, 0.15) is 5.56 Å². The van der Waals surface area contributed by atoms with Gasteiger partial charge >= 0.3 is 6.03 Å². The number of anilines is 1. The third-order valence-corrected chi connectivity index (χ3v) is 3.75. The fraction of sp³-hybridized carbons (Fsp3) is 0.562. The molecule has 2 N–H and O–H groups in total. The van der Waals surface area contributed by atoms with Crippen molar-refractivity contribution in [3.8, 4) is 0 Å². The van der Waals surface area contributed by atoms with Crippen LogP contribution in [-0.4, -0.2) is 79.3 Å². The van der Waals surface area contributed by atoms with E-state index in [4.69, 9.17) is 5.11 Å². The molecule has 22 heavy (non-hydrogen) atoms. The number of nitrogens with one attached hydrogen (secondary N) is 1. The van der Waals surface area contributed by atoms with Crippen LogP contribution in [0, 0.1) is 0 Å².